The second-order valence-electron chi connectivity index (χ2n) is 8.97. The highest BCUT2D eigenvalue weighted by atomic mass is 35.5. The van der Waals surface area contributed by atoms with Gasteiger partial charge in [0, 0.05) is 47.3 Å². The van der Waals surface area contributed by atoms with Crippen LogP contribution in [0.15, 0.2) is 35.1 Å². The van der Waals surface area contributed by atoms with Gasteiger partial charge in [0.05, 0.1) is 30.4 Å². The van der Waals surface area contributed by atoms with E-state index in [0.29, 0.717) is 41.9 Å². The molecular formula is C26H26ClN3O4. The van der Waals surface area contributed by atoms with E-state index in [4.69, 9.17) is 26.2 Å². The van der Waals surface area contributed by atoms with Crippen LogP contribution in [0.3, 0.4) is 0 Å². The zero-order valence-corrected chi connectivity index (χ0v) is 20.0. The summed E-state index contributed by atoms with van der Waals surface area (Å²) < 4.78 is 12.9. The number of hydrogen-bond acceptors (Lipinski definition) is 6. The van der Waals surface area contributed by atoms with Gasteiger partial charge in [0.25, 0.3) is 0 Å². The van der Waals surface area contributed by atoms with Crippen molar-refractivity contribution in [3.05, 3.63) is 57.0 Å². The fourth-order valence-corrected chi connectivity index (χ4v) is 4.32. The van der Waals surface area contributed by atoms with Crippen LogP contribution in [-0.4, -0.2) is 41.0 Å². The Hall–Kier alpha value is -3.05. The van der Waals surface area contributed by atoms with Crippen LogP contribution in [0.5, 0.6) is 5.75 Å². The molecule has 0 atom stereocenters. The van der Waals surface area contributed by atoms with Crippen molar-refractivity contribution in [2.75, 3.05) is 31.3 Å². The third-order valence-electron chi connectivity index (χ3n) is 6.39. The van der Waals surface area contributed by atoms with Crippen molar-refractivity contribution >= 4 is 34.0 Å². The molecule has 8 heteroatoms. The molecule has 0 amide bonds. The number of anilines is 2. The van der Waals surface area contributed by atoms with Crippen LogP contribution >= 0.6 is 11.6 Å². The van der Waals surface area contributed by atoms with E-state index in [9.17, 15) is 4.79 Å². The van der Waals surface area contributed by atoms with Gasteiger partial charge in [0.15, 0.2) is 0 Å². The molecule has 1 aromatic heterocycles. The lowest BCUT2D eigenvalue weighted by Gasteiger charge is -2.25. The van der Waals surface area contributed by atoms with Gasteiger partial charge in [-0.3, -0.25) is 4.57 Å². The number of halogens is 1. The Balaban J connectivity index is 1.67. The summed E-state index contributed by atoms with van der Waals surface area (Å²) in [5.41, 5.74) is 3.21. The zero-order chi connectivity index (χ0) is 23.9. The second kappa shape index (κ2) is 8.95. The Kier molecular flexibility index (Phi) is 5.98. The SMILES string of the molecule is Cn1c(=O)nc(N2CCOCc3c(C#CC4(C)CC4)cccc32)c2cc(Cl)c(OCCO)cc21. The number of nitrogens with zero attached hydrogens (tertiary/aromatic N) is 3. The number of ether oxygens (including phenoxy) is 2. The summed E-state index contributed by atoms with van der Waals surface area (Å²) in [5.74, 6) is 7.69. The smallest absolute Gasteiger partial charge is 0.349 e. The van der Waals surface area contributed by atoms with Crippen molar-refractivity contribution in [3.63, 3.8) is 0 Å². The van der Waals surface area contributed by atoms with Crippen LogP contribution in [0.2, 0.25) is 5.02 Å². The van der Waals surface area contributed by atoms with Gasteiger partial charge in [-0.05, 0) is 38.0 Å². The monoisotopic (exact) mass is 479 g/mol. The third kappa shape index (κ3) is 4.25. The van der Waals surface area contributed by atoms with Gasteiger partial charge in [0.2, 0.25) is 0 Å². The highest BCUT2D eigenvalue weighted by Crippen LogP contribution is 2.44. The van der Waals surface area contributed by atoms with Crippen molar-refractivity contribution < 1.29 is 14.6 Å². The fraction of sp³-hybridized carbons (Fsp3) is 0.385. The van der Waals surface area contributed by atoms with Crippen LogP contribution in [0, 0.1) is 17.3 Å². The van der Waals surface area contributed by atoms with Crippen molar-refractivity contribution in [3.8, 4) is 17.6 Å². The molecule has 2 aromatic carbocycles. The van der Waals surface area contributed by atoms with Gasteiger partial charge >= 0.3 is 5.69 Å². The van der Waals surface area contributed by atoms with Gasteiger partial charge in [0.1, 0.15) is 18.2 Å². The molecule has 1 N–H and O–H groups in total. The first-order valence-electron chi connectivity index (χ1n) is 11.3. The molecule has 0 saturated heterocycles. The minimum Gasteiger partial charge on any atom is -0.490 e. The predicted molar refractivity (Wildman–Crippen MR) is 132 cm³/mol. The van der Waals surface area contributed by atoms with Crippen LogP contribution in [-0.2, 0) is 18.4 Å². The van der Waals surface area contributed by atoms with E-state index in [1.54, 1.807) is 19.2 Å². The Labute approximate surface area is 202 Å². The van der Waals surface area contributed by atoms with Gasteiger partial charge in [-0.1, -0.05) is 29.5 Å². The van der Waals surface area contributed by atoms with E-state index in [1.807, 2.05) is 23.1 Å². The van der Waals surface area contributed by atoms with Crippen molar-refractivity contribution in [1.29, 1.82) is 0 Å². The Morgan fingerprint density at radius 2 is 2.15 bits per heavy atom. The number of rotatable bonds is 4. The minimum atomic E-state index is -0.387. The van der Waals surface area contributed by atoms with Crippen molar-refractivity contribution in [2.24, 2.45) is 12.5 Å². The molecule has 1 saturated carbocycles. The highest BCUT2D eigenvalue weighted by Gasteiger charge is 2.35. The summed E-state index contributed by atoms with van der Waals surface area (Å²) >= 11 is 6.51. The Morgan fingerprint density at radius 3 is 2.91 bits per heavy atom. The van der Waals surface area contributed by atoms with Crippen LogP contribution < -0.4 is 15.3 Å². The fourth-order valence-electron chi connectivity index (χ4n) is 4.10. The minimum absolute atomic E-state index is 0.108. The second-order valence-corrected chi connectivity index (χ2v) is 9.37. The molecule has 0 radical (unpaired) electrons. The molecule has 0 bridgehead atoms. The average molecular weight is 480 g/mol. The van der Waals surface area contributed by atoms with Crippen molar-refractivity contribution in [1.82, 2.24) is 9.55 Å². The lowest BCUT2D eigenvalue weighted by molar-refractivity contribution is 0.133. The number of aryl methyl sites for hydroxylation is 1. The number of aliphatic hydroxyl groups excluding tert-OH is 1. The van der Waals surface area contributed by atoms with Gasteiger partial charge < -0.3 is 19.5 Å². The molecule has 3 aromatic rings. The molecule has 1 aliphatic carbocycles. The number of aromatic nitrogens is 2. The first-order chi connectivity index (χ1) is 16.4. The van der Waals surface area contributed by atoms with E-state index in [-0.39, 0.29) is 24.3 Å². The normalized spacial score (nSPS) is 16.4. The van der Waals surface area contributed by atoms with Gasteiger partial charge in [-0.2, -0.15) is 4.98 Å². The lowest BCUT2D eigenvalue weighted by atomic mass is 10.0. The van der Waals surface area contributed by atoms with Gasteiger partial charge in [-0.25, -0.2) is 4.79 Å². The number of fused-ring (bicyclic) bond motifs is 2. The summed E-state index contributed by atoms with van der Waals surface area (Å²) in [7, 11) is 1.66. The molecule has 2 heterocycles. The van der Waals surface area contributed by atoms with E-state index >= 15 is 0 Å². The maximum absolute atomic E-state index is 12.8. The number of aliphatic hydroxyl groups is 1. The van der Waals surface area contributed by atoms with Crippen LogP contribution in [0.4, 0.5) is 11.5 Å². The number of hydrogen-bond donors (Lipinski definition) is 1. The van der Waals surface area contributed by atoms with Gasteiger partial charge in [-0.15, -0.1) is 0 Å². The Morgan fingerprint density at radius 1 is 1.32 bits per heavy atom. The summed E-state index contributed by atoms with van der Waals surface area (Å²) in [6, 6.07) is 9.48. The summed E-state index contributed by atoms with van der Waals surface area (Å²) in [6.45, 7) is 3.60. The maximum atomic E-state index is 12.8. The Bertz CT molecular complexity index is 1380. The molecule has 2 aliphatic rings. The largest absolute Gasteiger partial charge is 0.490 e. The molecule has 34 heavy (non-hydrogen) atoms. The molecule has 0 unspecified atom stereocenters. The standard InChI is InChI=1S/C26H26ClN3O4/c1-26(8-9-26)7-6-17-4-3-5-21-19(17)16-33-12-10-30(21)24-18-14-20(27)23(34-13-11-31)15-22(18)29(2)25(32)28-24/h3-5,14-15,31H,8-13,16H2,1-2H3. The van der Waals surface area contributed by atoms with E-state index in [1.165, 1.54) is 4.57 Å². The van der Waals surface area contributed by atoms with Crippen LogP contribution in [0.1, 0.15) is 30.9 Å². The lowest BCUT2D eigenvalue weighted by Crippen LogP contribution is -2.28. The van der Waals surface area contributed by atoms with Crippen LogP contribution in [0.25, 0.3) is 10.9 Å². The average Bonchev–Trinajstić information content (AvgIpc) is 3.60. The molecule has 5 rings (SSSR count). The summed E-state index contributed by atoms with van der Waals surface area (Å²) in [4.78, 5) is 19.3. The number of benzene rings is 2. The third-order valence-corrected chi connectivity index (χ3v) is 6.69. The van der Waals surface area contributed by atoms with Crippen molar-refractivity contribution in [2.45, 2.75) is 26.4 Å². The first kappa shape index (κ1) is 22.7. The quantitative estimate of drug-likeness (QED) is 0.574. The molecule has 1 aliphatic heterocycles. The zero-order valence-electron chi connectivity index (χ0n) is 19.2. The highest BCUT2D eigenvalue weighted by molar-refractivity contribution is 6.33. The molecule has 176 valence electrons. The van der Waals surface area contributed by atoms with E-state index in [2.05, 4.69) is 23.7 Å². The molecular weight excluding hydrogens is 454 g/mol. The summed E-state index contributed by atoms with van der Waals surface area (Å²) in [6.07, 6.45) is 2.26. The first-order valence-corrected chi connectivity index (χ1v) is 11.7. The molecule has 7 nitrogen and oxygen atoms in total. The van der Waals surface area contributed by atoms with E-state index in [0.717, 1.165) is 35.0 Å². The molecule has 1 fully saturated rings. The summed E-state index contributed by atoms with van der Waals surface area (Å²) in [5, 5.41) is 10.2. The predicted octanol–water partition coefficient (Wildman–Crippen LogP) is 3.78. The molecule has 0 spiro atoms. The maximum Gasteiger partial charge on any atom is 0.349 e. The van der Waals surface area contributed by atoms with E-state index < -0.39 is 0 Å². The topological polar surface area (TPSA) is 76.8 Å².